The van der Waals surface area contributed by atoms with Crippen LogP contribution in [-0.4, -0.2) is 35.8 Å². The van der Waals surface area contributed by atoms with Crippen LogP contribution in [0.15, 0.2) is 53.7 Å². The molecule has 0 bridgehead atoms. The number of piperidine rings is 1. The normalized spacial score (nSPS) is 17.2. The number of aromatic amines is 1. The van der Waals surface area contributed by atoms with E-state index in [1.165, 1.54) is 28.1 Å². The van der Waals surface area contributed by atoms with E-state index in [0.29, 0.717) is 25.9 Å². The van der Waals surface area contributed by atoms with Crippen LogP contribution in [0.4, 0.5) is 4.39 Å². The molecule has 1 fully saturated rings. The predicted octanol–water partition coefficient (Wildman–Crippen LogP) is 3.27. The van der Waals surface area contributed by atoms with Crippen molar-refractivity contribution >= 4 is 21.1 Å². The molecule has 25 heavy (non-hydrogen) atoms. The highest BCUT2D eigenvalue weighted by Crippen LogP contribution is 2.34. The number of rotatable bonds is 3. The number of H-pyrrole nitrogens is 1. The fraction of sp³-hybridized carbons (Fsp3) is 0.278. The first-order valence-electron chi connectivity index (χ1n) is 8.24. The van der Waals surface area contributed by atoms with E-state index in [1.54, 1.807) is 12.3 Å². The Morgan fingerprint density at radius 1 is 1.12 bits per heavy atom. The van der Waals surface area contributed by atoms with Crippen molar-refractivity contribution in [2.45, 2.75) is 23.7 Å². The molecular formula is C18H18FN3O2S. The largest absolute Gasteiger partial charge is 0.346 e. The van der Waals surface area contributed by atoms with Gasteiger partial charge in [-0.2, -0.15) is 4.31 Å². The minimum Gasteiger partial charge on any atom is -0.346 e. The Kier molecular flexibility index (Phi) is 4.05. The molecule has 4 rings (SSSR count). The molecule has 1 aromatic carbocycles. The van der Waals surface area contributed by atoms with Crippen molar-refractivity contribution in [3.05, 3.63) is 60.2 Å². The highest BCUT2D eigenvalue weighted by atomic mass is 32.2. The molecule has 130 valence electrons. The third-order valence-corrected chi connectivity index (χ3v) is 6.76. The van der Waals surface area contributed by atoms with Crippen molar-refractivity contribution in [2.24, 2.45) is 0 Å². The number of aromatic nitrogens is 2. The maximum absolute atomic E-state index is 13.9. The summed E-state index contributed by atoms with van der Waals surface area (Å²) < 4.78 is 40.6. The number of benzene rings is 1. The third kappa shape index (κ3) is 2.83. The van der Waals surface area contributed by atoms with E-state index in [-0.39, 0.29) is 10.8 Å². The summed E-state index contributed by atoms with van der Waals surface area (Å²) in [7, 11) is -3.79. The van der Waals surface area contributed by atoms with Gasteiger partial charge in [-0.3, -0.25) is 0 Å². The Bertz CT molecular complexity index is 1010. The maximum Gasteiger partial charge on any atom is 0.245 e. The molecule has 2 aromatic heterocycles. The molecule has 3 heterocycles. The number of halogens is 1. The zero-order chi connectivity index (χ0) is 17.4. The second kappa shape index (κ2) is 6.24. The Balaban J connectivity index is 1.55. The fourth-order valence-corrected chi connectivity index (χ4v) is 5.05. The summed E-state index contributed by atoms with van der Waals surface area (Å²) in [5.41, 5.74) is 2.02. The zero-order valence-electron chi connectivity index (χ0n) is 13.5. The SMILES string of the molecule is O=S(=O)(c1ccccc1F)N1CCC(c2c[nH]c3ncccc23)CC1. The molecule has 1 saturated heterocycles. The molecule has 0 saturated carbocycles. The molecule has 3 aromatic rings. The summed E-state index contributed by atoms with van der Waals surface area (Å²) in [5.74, 6) is -0.433. The lowest BCUT2D eigenvalue weighted by atomic mass is 9.90. The van der Waals surface area contributed by atoms with Crippen molar-refractivity contribution in [3.8, 4) is 0 Å². The highest BCUT2D eigenvalue weighted by Gasteiger charge is 2.32. The van der Waals surface area contributed by atoms with Crippen molar-refractivity contribution < 1.29 is 12.8 Å². The fourth-order valence-electron chi connectivity index (χ4n) is 3.52. The van der Waals surface area contributed by atoms with Crippen LogP contribution in [0.25, 0.3) is 11.0 Å². The van der Waals surface area contributed by atoms with E-state index >= 15 is 0 Å². The van der Waals surface area contributed by atoms with E-state index in [4.69, 9.17) is 0 Å². The Morgan fingerprint density at radius 3 is 2.64 bits per heavy atom. The first kappa shape index (κ1) is 16.2. The van der Waals surface area contributed by atoms with Gasteiger partial charge in [0.25, 0.3) is 0 Å². The maximum atomic E-state index is 13.9. The average Bonchev–Trinajstić information content (AvgIpc) is 3.06. The highest BCUT2D eigenvalue weighted by molar-refractivity contribution is 7.89. The van der Waals surface area contributed by atoms with Crippen LogP contribution in [0.2, 0.25) is 0 Å². The van der Waals surface area contributed by atoms with Crippen LogP contribution in [0.1, 0.15) is 24.3 Å². The minimum absolute atomic E-state index is 0.246. The molecule has 5 nitrogen and oxygen atoms in total. The van der Waals surface area contributed by atoms with E-state index in [2.05, 4.69) is 9.97 Å². The van der Waals surface area contributed by atoms with Crippen LogP contribution >= 0.6 is 0 Å². The van der Waals surface area contributed by atoms with Crippen molar-refractivity contribution in [2.75, 3.05) is 13.1 Å². The van der Waals surface area contributed by atoms with Gasteiger partial charge in [0.1, 0.15) is 16.4 Å². The predicted molar refractivity (Wildman–Crippen MR) is 93.2 cm³/mol. The Hall–Kier alpha value is -2.25. The van der Waals surface area contributed by atoms with Gasteiger partial charge < -0.3 is 4.98 Å². The minimum atomic E-state index is -3.79. The molecule has 0 unspecified atom stereocenters. The van der Waals surface area contributed by atoms with Gasteiger partial charge in [-0.25, -0.2) is 17.8 Å². The Labute approximate surface area is 145 Å². The van der Waals surface area contributed by atoms with Crippen molar-refractivity contribution in [3.63, 3.8) is 0 Å². The standard InChI is InChI=1S/C18H18FN3O2S/c19-16-5-1-2-6-17(16)25(23,24)22-10-7-13(8-11-22)15-12-21-18-14(15)4-3-9-20-18/h1-6,9,12-13H,7-8,10-11H2,(H,20,21). The summed E-state index contributed by atoms with van der Waals surface area (Å²) >= 11 is 0. The van der Waals surface area contributed by atoms with Gasteiger partial charge in [0, 0.05) is 30.9 Å². The lowest BCUT2D eigenvalue weighted by Crippen LogP contribution is -2.38. The number of nitrogens with one attached hydrogen (secondary N) is 1. The topological polar surface area (TPSA) is 66.1 Å². The first-order chi connectivity index (χ1) is 12.1. The van der Waals surface area contributed by atoms with Gasteiger partial charge in [-0.05, 0) is 48.6 Å². The van der Waals surface area contributed by atoms with Crippen molar-refractivity contribution in [1.82, 2.24) is 14.3 Å². The summed E-state index contributed by atoms with van der Waals surface area (Å²) in [4.78, 5) is 7.22. The van der Waals surface area contributed by atoms with Crippen LogP contribution in [0.5, 0.6) is 0 Å². The molecule has 0 radical (unpaired) electrons. The van der Waals surface area contributed by atoms with Gasteiger partial charge in [-0.1, -0.05) is 12.1 Å². The quantitative estimate of drug-likeness (QED) is 0.780. The molecule has 0 amide bonds. The molecule has 1 aliphatic heterocycles. The van der Waals surface area contributed by atoms with E-state index in [1.807, 2.05) is 18.3 Å². The first-order valence-corrected chi connectivity index (χ1v) is 9.68. The number of sulfonamides is 1. The molecule has 0 aliphatic carbocycles. The number of pyridine rings is 1. The zero-order valence-corrected chi connectivity index (χ0v) is 14.3. The van der Waals surface area contributed by atoms with E-state index in [9.17, 15) is 12.8 Å². The van der Waals surface area contributed by atoms with Gasteiger partial charge in [0.15, 0.2) is 0 Å². The molecule has 1 N–H and O–H groups in total. The van der Waals surface area contributed by atoms with E-state index in [0.717, 1.165) is 11.0 Å². The third-order valence-electron chi connectivity index (χ3n) is 4.83. The summed E-state index contributed by atoms with van der Waals surface area (Å²) in [6.45, 7) is 0.766. The van der Waals surface area contributed by atoms with Gasteiger partial charge in [-0.15, -0.1) is 0 Å². The summed E-state index contributed by atoms with van der Waals surface area (Å²) in [5, 5.41) is 1.08. The van der Waals surface area contributed by atoms with Crippen LogP contribution in [0.3, 0.4) is 0 Å². The number of nitrogens with zero attached hydrogens (tertiary/aromatic N) is 2. The van der Waals surface area contributed by atoms with Crippen LogP contribution in [0, 0.1) is 5.82 Å². The molecule has 0 spiro atoms. The number of fused-ring (bicyclic) bond motifs is 1. The summed E-state index contributed by atoms with van der Waals surface area (Å²) in [6.07, 6.45) is 5.11. The lowest BCUT2D eigenvalue weighted by Gasteiger charge is -2.31. The molecule has 7 heteroatoms. The second-order valence-electron chi connectivity index (χ2n) is 6.25. The number of hydrogen-bond donors (Lipinski definition) is 1. The average molecular weight is 359 g/mol. The smallest absolute Gasteiger partial charge is 0.245 e. The second-order valence-corrected chi connectivity index (χ2v) is 8.16. The molecule has 1 aliphatic rings. The van der Waals surface area contributed by atoms with Crippen LogP contribution < -0.4 is 0 Å². The monoisotopic (exact) mass is 359 g/mol. The summed E-state index contributed by atoms with van der Waals surface area (Å²) in [6, 6.07) is 9.46. The van der Waals surface area contributed by atoms with Gasteiger partial charge in [0.2, 0.25) is 10.0 Å². The van der Waals surface area contributed by atoms with E-state index < -0.39 is 15.8 Å². The lowest BCUT2D eigenvalue weighted by molar-refractivity contribution is 0.319. The Morgan fingerprint density at radius 2 is 1.88 bits per heavy atom. The molecule has 0 atom stereocenters. The molecular weight excluding hydrogens is 341 g/mol. The van der Waals surface area contributed by atoms with Gasteiger partial charge >= 0.3 is 0 Å². The van der Waals surface area contributed by atoms with Crippen LogP contribution in [-0.2, 0) is 10.0 Å². The van der Waals surface area contributed by atoms with Gasteiger partial charge in [0.05, 0.1) is 0 Å². The number of hydrogen-bond acceptors (Lipinski definition) is 3. The van der Waals surface area contributed by atoms with Crippen molar-refractivity contribution in [1.29, 1.82) is 0 Å².